The molecule has 0 aromatic carbocycles. The fourth-order valence-corrected chi connectivity index (χ4v) is 2.78. The highest BCUT2D eigenvalue weighted by Gasteiger charge is 2.09. The highest BCUT2D eigenvalue weighted by atomic mass is 19.3. The minimum absolute atomic E-state index is 0.232. The molecule has 23 heavy (non-hydrogen) atoms. The van der Waals surface area contributed by atoms with E-state index in [1.165, 1.54) is 5.56 Å². The lowest BCUT2D eigenvalue weighted by atomic mass is 10.0. The van der Waals surface area contributed by atoms with Gasteiger partial charge in [0, 0.05) is 35.6 Å². The molecule has 0 atom stereocenters. The third kappa shape index (κ3) is 2.31. The van der Waals surface area contributed by atoms with E-state index in [0.717, 1.165) is 27.7 Å². The van der Waals surface area contributed by atoms with Gasteiger partial charge in [0.05, 0.1) is 5.52 Å². The first-order valence-electron chi connectivity index (χ1n) is 7.16. The van der Waals surface area contributed by atoms with Gasteiger partial charge in [-0.25, -0.2) is 9.50 Å². The smallest absolute Gasteiger partial charge is 0.158 e. The quantitative estimate of drug-likeness (QED) is 0.566. The topological polar surface area (TPSA) is 67.2 Å². The third-order valence-corrected chi connectivity index (χ3v) is 3.94. The second-order valence-electron chi connectivity index (χ2n) is 5.28. The van der Waals surface area contributed by atoms with E-state index in [1.807, 2.05) is 42.9 Å². The second-order valence-corrected chi connectivity index (χ2v) is 5.28. The van der Waals surface area contributed by atoms with Crippen molar-refractivity contribution in [2.24, 2.45) is 0 Å². The molecule has 4 aromatic rings. The van der Waals surface area contributed by atoms with Crippen molar-refractivity contribution < 1.29 is 9.47 Å². The number of nitrogens with one attached hydrogen (secondary N) is 2. The molecule has 0 aliphatic rings. The average Bonchev–Trinajstić information content (AvgIpc) is 3.19. The molecule has 4 rings (SSSR count). The maximum atomic E-state index is 11.8. The van der Waals surface area contributed by atoms with Gasteiger partial charge in [0.15, 0.2) is 12.5 Å². The fraction of sp³-hybridized carbons (Fsp3) is 0.125. The van der Waals surface area contributed by atoms with Crippen LogP contribution in [0.4, 0.5) is 10.3 Å². The van der Waals surface area contributed by atoms with E-state index >= 15 is 0 Å². The molecule has 0 saturated carbocycles. The molecule has 0 saturated heterocycles. The van der Waals surface area contributed by atoms with Crippen LogP contribution in [0.15, 0.2) is 42.9 Å². The molecule has 0 radical (unpaired) electrons. The number of hydrogen-bond donors (Lipinski definition) is 2. The zero-order valence-corrected chi connectivity index (χ0v) is 12.4. The van der Waals surface area contributed by atoms with E-state index < -0.39 is 0 Å². The Morgan fingerprint density at radius 1 is 1.35 bits per heavy atom. The van der Waals surface area contributed by atoms with Gasteiger partial charge in [0.1, 0.15) is 5.65 Å². The second kappa shape index (κ2) is 5.36. The summed E-state index contributed by atoms with van der Waals surface area (Å²) in [7, 11) is 0. The molecule has 0 amide bonds. The number of H-pyrrole nitrogens is 1. The number of pyridine rings is 2. The molecule has 4 aromatic heterocycles. The summed E-state index contributed by atoms with van der Waals surface area (Å²) in [6.45, 7) is 1.85. The largest absolute Gasteiger partial charge is 0.346 e. The summed E-state index contributed by atoms with van der Waals surface area (Å²) in [6, 6.07) is 7.87. The number of fused-ring (bicyclic) bond motifs is 2. The van der Waals surface area contributed by atoms with E-state index in [0.29, 0.717) is 5.82 Å². The summed E-state index contributed by atoms with van der Waals surface area (Å²) in [6.07, 6.45) is 5.62. The third-order valence-electron chi connectivity index (χ3n) is 3.94. The van der Waals surface area contributed by atoms with Gasteiger partial charge in [0.25, 0.3) is 0 Å². The number of anilines is 1. The van der Waals surface area contributed by atoms with Crippen molar-refractivity contribution in [3.05, 3.63) is 48.4 Å². The van der Waals surface area contributed by atoms with Gasteiger partial charge in [-0.1, -0.05) is 0 Å². The van der Waals surface area contributed by atoms with Gasteiger partial charge in [-0.3, -0.25) is 0 Å². The fourth-order valence-electron chi connectivity index (χ4n) is 2.78. The molecule has 116 valence electrons. The van der Waals surface area contributed by atoms with Crippen LogP contribution in [-0.4, -0.2) is 26.3 Å². The molecule has 0 bridgehead atoms. The van der Waals surface area contributed by atoms with E-state index in [2.05, 4.69) is 32.2 Å². The van der Waals surface area contributed by atoms with Crippen molar-refractivity contribution in [2.45, 2.75) is 6.92 Å². The lowest BCUT2D eigenvalue weighted by Crippen LogP contribution is -2.01. The highest BCUT2D eigenvalue weighted by Crippen LogP contribution is 2.28. The summed E-state index contributed by atoms with van der Waals surface area (Å²) in [4.78, 5) is 11.1. The Morgan fingerprint density at radius 2 is 2.26 bits per heavy atom. The van der Waals surface area contributed by atoms with Crippen LogP contribution in [0.1, 0.15) is 5.56 Å². The number of hydrogen-bond acceptors (Lipinski definition) is 4. The van der Waals surface area contributed by atoms with Gasteiger partial charge in [-0.2, -0.15) is 10.0 Å². The van der Waals surface area contributed by atoms with Gasteiger partial charge < -0.3 is 10.3 Å². The minimum atomic E-state index is -0.232. The van der Waals surface area contributed by atoms with Gasteiger partial charge in [-0.05, 0) is 40.8 Å². The lowest BCUT2D eigenvalue weighted by molar-refractivity contribution is -0.123. The zero-order chi connectivity index (χ0) is 15.8. The number of rotatable bonds is 4. The first-order chi connectivity index (χ1) is 11.3. The molecule has 2 N–H and O–H groups in total. The van der Waals surface area contributed by atoms with E-state index in [1.54, 1.807) is 4.52 Å². The maximum Gasteiger partial charge on any atom is 0.158 e. The molecule has 0 spiro atoms. The summed E-state index contributed by atoms with van der Waals surface area (Å²) >= 11 is 0. The molecule has 4 heterocycles. The first kappa shape index (κ1) is 13.7. The Kier molecular flexibility index (Phi) is 3.20. The van der Waals surface area contributed by atoms with Crippen molar-refractivity contribution in [1.29, 1.82) is 0 Å². The minimum Gasteiger partial charge on any atom is -0.346 e. The van der Waals surface area contributed by atoms with Crippen molar-refractivity contribution in [2.75, 3.05) is 12.0 Å². The van der Waals surface area contributed by atoms with Gasteiger partial charge in [0.2, 0.25) is 0 Å². The molecular weight excluding hydrogens is 297 g/mol. The normalized spacial score (nSPS) is 11.4. The maximum absolute atomic E-state index is 11.8. The number of aromatic amines is 1. The Morgan fingerprint density at radius 3 is 3.13 bits per heavy atom. The van der Waals surface area contributed by atoms with Crippen molar-refractivity contribution in [3.8, 4) is 11.1 Å². The van der Waals surface area contributed by atoms with Crippen molar-refractivity contribution in [1.82, 2.24) is 19.6 Å². The van der Waals surface area contributed by atoms with Crippen LogP contribution in [0.2, 0.25) is 0 Å². The van der Waals surface area contributed by atoms with Crippen LogP contribution in [-0.2, 0) is 4.94 Å². The van der Waals surface area contributed by atoms with Crippen LogP contribution in [0.25, 0.3) is 27.7 Å². The average molecular weight is 311 g/mol. The lowest BCUT2D eigenvalue weighted by Gasteiger charge is -2.07. The SMILES string of the molecule is Cc1c(-c2ccn3nc(NCOF)cc3c2)cnc2[nH]ccc12. The Bertz CT molecular complexity index is 991. The Balaban J connectivity index is 1.79. The van der Waals surface area contributed by atoms with E-state index in [4.69, 9.17) is 0 Å². The molecular formula is C16H14FN5O. The molecule has 7 heteroatoms. The summed E-state index contributed by atoms with van der Waals surface area (Å²) < 4.78 is 13.5. The molecule has 0 aliphatic carbocycles. The van der Waals surface area contributed by atoms with Crippen LogP contribution in [0.5, 0.6) is 0 Å². The Labute approximate surface area is 130 Å². The number of nitrogens with zero attached hydrogens (tertiary/aromatic N) is 3. The number of aromatic nitrogens is 4. The summed E-state index contributed by atoms with van der Waals surface area (Å²) in [5.41, 5.74) is 5.08. The molecule has 0 aliphatic heterocycles. The first-order valence-corrected chi connectivity index (χ1v) is 7.16. The van der Waals surface area contributed by atoms with Crippen LogP contribution < -0.4 is 5.32 Å². The zero-order valence-electron chi connectivity index (χ0n) is 12.4. The van der Waals surface area contributed by atoms with Crippen LogP contribution >= 0.6 is 0 Å². The Hall–Kier alpha value is -2.93. The van der Waals surface area contributed by atoms with Crippen molar-refractivity contribution in [3.63, 3.8) is 0 Å². The number of aryl methyl sites for hydroxylation is 1. The summed E-state index contributed by atoms with van der Waals surface area (Å²) in [5, 5.41) is 8.13. The molecule has 0 fully saturated rings. The van der Waals surface area contributed by atoms with Gasteiger partial charge in [-0.15, -0.1) is 0 Å². The molecule has 0 unspecified atom stereocenters. The predicted molar refractivity (Wildman–Crippen MR) is 85.7 cm³/mol. The standard InChI is InChI=1S/C16H14FN5O/c1-10-13-2-4-18-16(13)19-8-14(10)11-3-5-22-12(6-11)7-15(21-22)20-9-23-17/h2-8H,9H2,1H3,(H,18,19)(H,20,21). The van der Waals surface area contributed by atoms with Crippen LogP contribution in [0, 0.1) is 6.92 Å². The summed E-state index contributed by atoms with van der Waals surface area (Å²) in [5.74, 6) is 0.552. The van der Waals surface area contributed by atoms with E-state index in [-0.39, 0.29) is 6.73 Å². The van der Waals surface area contributed by atoms with Crippen molar-refractivity contribution >= 4 is 22.4 Å². The van der Waals surface area contributed by atoms with Gasteiger partial charge >= 0.3 is 0 Å². The van der Waals surface area contributed by atoms with Crippen LogP contribution in [0.3, 0.4) is 0 Å². The predicted octanol–water partition coefficient (Wildman–Crippen LogP) is 3.46. The monoisotopic (exact) mass is 311 g/mol. The van der Waals surface area contributed by atoms with E-state index in [9.17, 15) is 4.53 Å². The molecule has 6 nitrogen and oxygen atoms in total. The highest BCUT2D eigenvalue weighted by molar-refractivity contribution is 5.87. The number of halogens is 1.